The second-order valence-corrected chi connectivity index (χ2v) is 3.35. The predicted molar refractivity (Wildman–Crippen MR) is 51.9 cm³/mol. The SMILES string of the molecule is Cn1nc(C(=O)Nn2cnnc2)cc1C(F)(F)F. The fourth-order valence-corrected chi connectivity index (χ4v) is 1.28. The summed E-state index contributed by atoms with van der Waals surface area (Å²) < 4.78 is 39.2. The monoisotopic (exact) mass is 260 g/mol. The van der Waals surface area contributed by atoms with Crippen molar-refractivity contribution >= 4 is 5.91 Å². The van der Waals surface area contributed by atoms with Crippen LogP contribution >= 0.6 is 0 Å². The molecule has 2 aromatic rings. The van der Waals surface area contributed by atoms with Crippen LogP contribution in [0.25, 0.3) is 0 Å². The van der Waals surface area contributed by atoms with Crippen molar-refractivity contribution in [3.63, 3.8) is 0 Å². The maximum Gasteiger partial charge on any atom is 0.433 e. The van der Waals surface area contributed by atoms with Gasteiger partial charge < -0.3 is 0 Å². The molecular formula is C8H7F3N6O. The van der Waals surface area contributed by atoms with Gasteiger partial charge in [-0.3, -0.25) is 14.9 Å². The number of halogens is 3. The summed E-state index contributed by atoms with van der Waals surface area (Å²) in [4.78, 5) is 11.6. The van der Waals surface area contributed by atoms with Gasteiger partial charge in [-0.1, -0.05) is 0 Å². The summed E-state index contributed by atoms with van der Waals surface area (Å²) in [5.74, 6) is -0.791. The van der Waals surface area contributed by atoms with Crippen LogP contribution in [0.5, 0.6) is 0 Å². The minimum Gasteiger partial charge on any atom is -0.266 e. The van der Waals surface area contributed by atoms with Crippen LogP contribution in [0, 0.1) is 0 Å². The molecule has 2 rings (SSSR count). The summed E-state index contributed by atoms with van der Waals surface area (Å²) >= 11 is 0. The average Bonchev–Trinajstić information content (AvgIpc) is 2.85. The molecule has 0 radical (unpaired) electrons. The number of nitrogens with one attached hydrogen (secondary N) is 1. The van der Waals surface area contributed by atoms with Gasteiger partial charge in [0.05, 0.1) is 0 Å². The molecule has 18 heavy (non-hydrogen) atoms. The first-order chi connectivity index (χ1) is 8.38. The first-order valence-corrected chi connectivity index (χ1v) is 4.65. The van der Waals surface area contributed by atoms with E-state index in [2.05, 4.69) is 20.7 Å². The highest BCUT2D eigenvalue weighted by atomic mass is 19.4. The molecule has 1 N–H and O–H groups in total. The number of amides is 1. The molecule has 0 aliphatic heterocycles. The van der Waals surface area contributed by atoms with Gasteiger partial charge in [-0.05, 0) is 0 Å². The van der Waals surface area contributed by atoms with Crippen molar-refractivity contribution < 1.29 is 18.0 Å². The van der Waals surface area contributed by atoms with Crippen LogP contribution in [-0.4, -0.2) is 30.6 Å². The third-order valence-electron chi connectivity index (χ3n) is 2.05. The number of hydrogen-bond donors (Lipinski definition) is 1. The summed E-state index contributed by atoms with van der Waals surface area (Å²) in [5.41, 5.74) is 0.888. The van der Waals surface area contributed by atoms with Crippen molar-refractivity contribution in [3.8, 4) is 0 Å². The lowest BCUT2D eigenvalue weighted by atomic mass is 10.3. The Hall–Kier alpha value is -2.39. The number of nitrogens with zero attached hydrogens (tertiary/aromatic N) is 5. The first kappa shape index (κ1) is 12.1. The molecule has 0 saturated heterocycles. The number of aryl methyl sites for hydroxylation is 1. The quantitative estimate of drug-likeness (QED) is 0.848. The highest BCUT2D eigenvalue weighted by molar-refractivity contribution is 5.98. The van der Waals surface area contributed by atoms with Crippen molar-refractivity contribution in [2.24, 2.45) is 7.05 Å². The van der Waals surface area contributed by atoms with Gasteiger partial charge in [-0.25, -0.2) is 4.68 Å². The smallest absolute Gasteiger partial charge is 0.266 e. The van der Waals surface area contributed by atoms with E-state index in [4.69, 9.17) is 0 Å². The van der Waals surface area contributed by atoms with Crippen LogP contribution in [0.15, 0.2) is 18.7 Å². The van der Waals surface area contributed by atoms with Crippen LogP contribution in [0.2, 0.25) is 0 Å². The summed E-state index contributed by atoms with van der Waals surface area (Å²) in [6, 6.07) is 0.666. The van der Waals surface area contributed by atoms with Gasteiger partial charge >= 0.3 is 6.18 Å². The number of aromatic nitrogens is 5. The molecule has 0 unspecified atom stereocenters. The molecule has 0 atom stereocenters. The Bertz CT molecular complexity index is 558. The Morgan fingerprint density at radius 1 is 1.33 bits per heavy atom. The lowest BCUT2D eigenvalue weighted by Gasteiger charge is -2.04. The molecular weight excluding hydrogens is 253 g/mol. The number of carbonyl (C=O) groups is 1. The van der Waals surface area contributed by atoms with E-state index in [0.717, 1.165) is 11.7 Å². The molecule has 0 aliphatic rings. The molecule has 2 heterocycles. The van der Waals surface area contributed by atoms with Crippen LogP contribution < -0.4 is 5.43 Å². The van der Waals surface area contributed by atoms with E-state index in [1.807, 2.05) is 0 Å². The number of alkyl halides is 3. The lowest BCUT2D eigenvalue weighted by molar-refractivity contribution is -0.143. The Labute approximate surface area is 98.2 Å². The van der Waals surface area contributed by atoms with Gasteiger partial charge in [0.25, 0.3) is 5.91 Å². The number of rotatable bonds is 2. The average molecular weight is 260 g/mol. The summed E-state index contributed by atoms with van der Waals surface area (Å²) in [6.45, 7) is 0. The molecule has 0 spiro atoms. The highest BCUT2D eigenvalue weighted by Crippen LogP contribution is 2.29. The maximum atomic E-state index is 12.5. The van der Waals surface area contributed by atoms with E-state index in [-0.39, 0.29) is 5.69 Å². The van der Waals surface area contributed by atoms with Gasteiger partial charge in [-0.15, -0.1) is 10.2 Å². The van der Waals surface area contributed by atoms with Crippen molar-refractivity contribution in [1.29, 1.82) is 0 Å². The molecule has 0 saturated carbocycles. The van der Waals surface area contributed by atoms with Gasteiger partial charge in [0.1, 0.15) is 18.3 Å². The van der Waals surface area contributed by atoms with Crippen molar-refractivity contribution in [3.05, 3.63) is 30.1 Å². The zero-order valence-corrected chi connectivity index (χ0v) is 9.01. The van der Waals surface area contributed by atoms with Gasteiger partial charge in [0.15, 0.2) is 5.69 Å². The Kier molecular flexibility index (Phi) is 2.77. The minimum absolute atomic E-state index is 0.349. The van der Waals surface area contributed by atoms with E-state index in [1.54, 1.807) is 0 Å². The van der Waals surface area contributed by atoms with E-state index >= 15 is 0 Å². The zero-order chi connectivity index (χ0) is 13.3. The fourth-order valence-electron chi connectivity index (χ4n) is 1.28. The van der Waals surface area contributed by atoms with E-state index in [1.165, 1.54) is 12.7 Å². The normalized spacial score (nSPS) is 11.6. The molecule has 0 aromatic carbocycles. The molecule has 96 valence electrons. The van der Waals surface area contributed by atoms with Gasteiger partial charge in [-0.2, -0.15) is 18.3 Å². The first-order valence-electron chi connectivity index (χ1n) is 4.65. The Morgan fingerprint density at radius 3 is 2.44 bits per heavy atom. The van der Waals surface area contributed by atoms with Gasteiger partial charge in [0.2, 0.25) is 0 Å². The summed E-state index contributed by atoms with van der Waals surface area (Å²) in [6.07, 6.45) is -2.19. The molecule has 0 aliphatic carbocycles. The summed E-state index contributed by atoms with van der Waals surface area (Å²) in [5, 5.41) is 10.3. The van der Waals surface area contributed by atoms with E-state index < -0.39 is 17.8 Å². The molecule has 7 nitrogen and oxygen atoms in total. The van der Waals surface area contributed by atoms with Crippen molar-refractivity contribution in [1.82, 2.24) is 24.7 Å². The molecule has 0 bridgehead atoms. The van der Waals surface area contributed by atoms with Crippen molar-refractivity contribution in [2.75, 3.05) is 5.43 Å². The number of carbonyl (C=O) groups excluding carboxylic acids is 1. The molecule has 10 heteroatoms. The van der Waals surface area contributed by atoms with Gasteiger partial charge in [0, 0.05) is 13.1 Å². The van der Waals surface area contributed by atoms with Crippen LogP contribution in [0.1, 0.15) is 16.2 Å². The fraction of sp³-hybridized carbons (Fsp3) is 0.250. The third kappa shape index (κ3) is 2.31. The van der Waals surface area contributed by atoms with Crippen LogP contribution in [-0.2, 0) is 13.2 Å². The topological polar surface area (TPSA) is 77.6 Å². The number of hydrogen-bond acceptors (Lipinski definition) is 4. The highest BCUT2D eigenvalue weighted by Gasteiger charge is 2.35. The largest absolute Gasteiger partial charge is 0.433 e. The maximum absolute atomic E-state index is 12.5. The standard InChI is InChI=1S/C8H7F3N6O/c1-16-6(8(9,10)11)2-5(14-16)7(18)15-17-3-12-13-4-17/h2-4H,1H3,(H,15,18). The van der Waals surface area contributed by atoms with E-state index in [9.17, 15) is 18.0 Å². The minimum atomic E-state index is -4.56. The lowest BCUT2D eigenvalue weighted by Crippen LogP contribution is -2.22. The summed E-state index contributed by atoms with van der Waals surface area (Å²) in [7, 11) is 1.11. The Balaban J connectivity index is 2.22. The van der Waals surface area contributed by atoms with Crippen molar-refractivity contribution in [2.45, 2.75) is 6.18 Å². The van der Waals surface area contributed by atoms with Crippen LogP contribution in [0.4, 0.5) is 13.2 Å². The second-order valence-electron chi connectivity index (χ2n) is 3.35. The third-order valence-corrected chi connectivity index (χ3v) is 2.05. The zero-order valence-electron chi connectivity index (χ0n) is 9.01. The molecule has 0 fully saturated rings. The molecule has 1 amide bonds. The Morgan fingerprint density at radius 2 is 1.94 bits per heavy atom. The van der Waals surface area contributed by atoms with Crippen LogP contribution in [0.3, 0.4) is 0 Å². The van der Waals surface area contributed by atoms with E-state index in [0.29, 0.717) is 10.7 Å². The predicted octanol–water partition coefficient (Wildman–Crippen LogP) is 0.414. The molecule has 2 aromatic heterocycles. The second kappa shape index (κ2) is 4.13.